The van der Waals surface area contributed by atoms with Crippen LogP contribution in [0.3, 0.4) is 0 Å². The smallest absolute Gasteiger partial charge is 0.309 e. The van der Waals surface area contributed by atoms with Crippen molar-refractivity contribution >= 4 is 23.9 Å². The third-order valence-electron chi connectivity index (χ3n) is 1.28. The van der Waals surface area contributed by atoms with E-state index in [0.29, 0.717) is 0 Å². The minimum absolute atomic E-state index is 0.0370. The van der Waals surface area contributed by atoms with Gasteiger partial charge in [-0.15, -0.1) is 0 Å². The van der Waals surface area contributed by atoms with Gasteiger partial charge in [0.05, 0.1) is 0 Å². The van der Waals surface area contributed by atoms with Crippen LogP contribution in [0.25, 0.3) is 0 Å². The van der Waals surface area contributed by atoms with Gasteiger partial charge in [0.2, 0.25) is 17.8 Å². The molecule has 1 heterocycles. The zero-order valence-electron chi connectivity index (χ0n) is 8.82. The fourth-order valence-corrected chi connectivity index (χ4v) is 0.710. The van der Waals surface area contributed by atoms with E-state index in [1.165, 1.54) is 0 Å². The van der Waals surface area contributed by atoms with Crippen LogP contribution < -0.4 is 27.8 Å². The summed E-state index contributed by atoms with van der Waals surface area (Å²) in [7, 11) is 0. The summed E-state index contributed by atoms with van der Waals surface area (Å²) in [6.07, 6.45) is 0. The van der Waals surface area contributed by atoms with Crippen LogP contribution >= 0.6 is 0 Å². The summed E-state index contributed by atoms with van der Waals surface area (Å²) in [6.45, 7) is -0.862. The van der Waals surface area contributed by atoms with Crippen molar-refractivity contribution < 1.29 is 15.0 Å². The molecule has 11 heteroatoms. The quantitative estimate of drug-likeness (QED) is 0.296. The summed E-state index contributed by atoms with van der Waals surface area (Å²) in [6, 6.07) is -0.833. The Morgan fingerprint density at radius 3 is 1.71 bits per heavy atom. The molecule has 0 aromatic carbocycles. The van der Waals surface area contributed by atoms with E-state index in [1.54, 1.807) is 0 Å². The SMILES string of the molecule is NC(N)=O.Nc1nc(N)nc(N(CO)CO)n1. The summed E-state index contributed by atoms with van der Waals surface area (Å²) >= 11 is 0. The van der Waals surface area contributed by atoms with E-state index in [-0.39, 0.29) is 17.8 Å². The van der Waals surface area contributed by atoms with Crippen LogP contribution in [-0.4, -0.2) is 44.7 Å². The maximum Gasteiger partial charge on any atom is 0.309 e. The zero-order valence-corrected chi connectivity index (χ0v) is 8.82. The van der Waals surface area contributed by atoms with Crippen molar-refractivity contribution in [2.45, 2.75) is 0 Å². The highest BCUT2D eigenvalue weighted by Crippen LogP contribution is 2.07. The molecule has 1 aromatic heterocycles. The molecule has 0 saturated carbocycles. The number of aliphatic hydroxyl groups excluding tert-OH is 2. The Morgan fingerprint density at radius 1 is 1.06 bits per heavy atom. The first-order valence-corrected chi connectivity index (χ1v) is 4.19. The van der Waals surface area contributed by atoms with Gasteiger partial charge in [-0.2, -0.15) is 15.0 Å². The molecular formula is C6H14N8O3. The van der Waals surface area contributed by atoms with Crippen LogP contribution in [0, 0.1) is 0 Å². The number of nitrogens with zero attached hydrogens (tertiary/aromatic N) is 4. The Labute approximate surface area is 96.1 Å². The van der Waals surface area contributed by atoms with E-state index in [0.717, 1.165) is 4.90 Å². The van der Waals surface area contributed by atoms with Gasteiger partial charge in [-0.3, -0.25) is 4.90 Å². The highest BCUT2D eigenvalue weighted by molar-refractivity contribution is 5.69. The van der Waals surface area contributed by atoms with E-state index in [4.69, 9.17) is 26.5 Å². The third-order valence-corrected chi connectivity index (χ3v) is 1.28. The maximum atomic E-state index is 9.00. The van der Waals surface area contributed by atoms with E-state index < -0.39 is 19.5 Å². The molecule has 17 heavy (non-hydrogen) atoms. The molecule has 10 N–H and O–H groups in total. The fourth-order valence-electron chi connectivity index (χ4n) is 0.710. The number of carbonyl (C=O) groups is 1. The van der Waals surface area contributed by atoms with Gasteiger partial charge >= 0.3 is 6.03 Å². The predicted octanol–water partition coefficient (Wildman–Crippen LogP) is -3.23. The Balaban J connectivity index is 0.000000557. The molecular weight excluding hydrogens is 232 g/mol. The van der Waals surface area contributed by atoms with Gasteiger partial charge in [0.15, 0.2) is 0 Å². The number of aliphatic hydroxyl groups is 2. The van der Waals surface area contributed by atoms with Gasteiger partial charge in [0.1, 0.15) is 13.5 Å². The van der Waals surface area contributed by atoms with Crippen molar-refractivity contribution in [3.8, 4) is 0 Å². The topological polar surface area (TPSA) is 204 Å². The molecule has 0 aliphatic rings. The van der Waals surface area contributed by atoms with Gasteiger partial charge in [0, 0.05) is 0 Å². The average molecular weight is 246 g/mol. The third kappa shape index (κ3) is 5.91. The molecule has 0 aliphatic heterocycles. The molecule has 0 saturated heterocycles. The number of carbonyl (C=O) groups excluding carboxylic acids is 1. The first kappa shape index (κ1) is 14.6. The first-order chi connectivity index (χ1) is 7.90. The first-order valence-electron chi connectivity index (χ1n) is 4.19. The molecule has 0 fully saturated rings. The van der Waals surface area contributed by atoms with Gasteiger partial charge in [-0.1, -0.05) is 0 Å². The van der Waals surface area contributed by atoms with Crippen molar-refractivity contribution in [2.75, 3.05) is 29.8 Å². The molecule has 1 rings (SSSR count). The highest BCUT2D eigenvalue weighted by atomic mass is 16.3. The largest absolute Gasteiger partial charge is 0.376 e. The van der Waals surface area contributed by atoms with Gasteiger partial charge in [-0.05, 0) is 0 Å². The number of rotatable bonds is 3. The normalized spacial score (nSPS) is 9.06. The summed E-state index contributed by atoms with van der Waals surface area (Å²) in [5.74, 6) is -0.0844. The summed E-state index contributed by atoms with van der Waals surface area (Å²) in [4.78, 5) is 20.9. The molecule has 11 nitrogen and oxygen atoms in total. The lowest BCUT2D eigenvalue weighted by Gasteiger charge is -2.15. The second kappa shape index (κ2) is 6.97. The molecule has 0 aliphatic carbocycles. The molecule has 0 unspecified atom stereocenters. The fraction of sp³-hybridized carbons (Fsp3) is 0.333. The zero-order chi connectivity index (χ0) is 13.4. The van der Waals surface area contributed by atoms with Crippen LogP contribution in [-0.2, 0) is 0 Å². The second-order valence-corrected chi connectivity index (χ2v) is 2.58. The lowest BCUT2D eigenvalue weighted by Crippen LogP contribution is -2.27. The Kier molecular flexibility index (Phi) is 5.99. The van der Waals surface area contributed by atoms with Gasteiger partial charge in [-0.25, -0.2) is 4.79 Å². The van der Waals surface area contributed by atoms with Crippen molar-refractivity contribution in [3.63, 3.8) is 0 Å². The second-order valence-electron chi connectivity index (χ2n) is 2.58. The lowest BCUT2D eigenvalue weighted by atomic mass is 10.7. The van der Waals surface area contributed by atoms with Crippen LogP contribution in [0.1, 0.15) is 0 Å². The van der Waals surface area contributed by atoms with Crippen LogP contribution in [0.15, 0.2) is 0 Å². The molecule has 0 spiro atoms. The number of urea groups is 1. The minimum Gasteiger partial charge on any atom is -0.376 e. The van der Waals surface area contributed by atoms with Crippen molar-refractivity contribution in [3.05, 3.63) is 0 Å². The van der Waals surface area contributed by atoms with Gasteiger partial charge in [0.25, 0.3) is 0 Å². The van der Waals surface area contributed by atoms with Crippen LogP contribution in [0.4, 0.5) is 22.6 Å². The van der Waals surface area contributed by atoms with Crippen molar-refractivity contribution in [2.24, 2.45) is 11.5 Å². The Morgan fingerprint density at radius 2 is 1.41 bits per heavy atom. The standard InChI is InChI=1S/C5H10N6O2.CH4N2O/c6-3-8-4(7)10-5(9-3)11(1-12)2-13;2-1(3)4/h12-13H,1-2H2,(H4,6,7,8,9,10);(H4,2,3,4). The van der Waals surface area contributed by atoms with E-state index in [1.807, 2.05) is 0 Å². The monoisotopic (exact) mass is 246 g/mol. The summed E-state index contributed by atoms with van der Waals surface area (Å²) < 4.78 is 0. The molecule has 0 radical (unpaired) electrons. The maximum absolute atomic E-state index is 9.00. The van der Waals surface area contributed by atoms with Crippen LogP contribution in [0.2, 0.25) is 0 Å². The Hall–Kier alpha value is -2.40. The number of hydrogen-bond acceptors (Lipinski definition) is 9. The summed E-state index contributed by atoms with van der Waals surface area (Å²) in [5, 5.41) is 17.5. The molecule has 1 aromatic rings. The van der Waals surface area contributed by atoms with Crippen molar-refractivity contribution in [1.29, 1.82) is 0 Å². The number of hydrogen-bond donors (Lipinski definition) is 6. The summed E-state index contributed by atoms with van der Waals surface area (Å²) in [5.41, 5.74) is 19.0. The molecule has 0 atom stereocenters. The average Bonchev–Trinajstić information content (AvgIpc) is 2.17. The van der Waals surface area contributed by atoms with E-state index >= 15 is 0 Å². The number of primary amides is 2. The molecule has 96 valence electrons. The number of amides is 2. The molecule has 2 amide bonds. The van der Waals surface area contributed by atoms with E-state index in [9.17, 15) is 0 Å². The predicted molar refractivity (Wildman–Crippen MR) is 59.1 cm³/mol. The molecule has 0 bridgehead atoms. The Bertz CT molecular complexity index is 344. The van der Waals surface area contributed by atoms with Crippen molar-refractivity contribution in [1.82, 2.24) is 15.0 Å². The number of nitrogens with two attached hydrogens (primary N) is 4. The number of aromatic nitrogens is 3. The van der Waals surface area contributed by atoms with E-state index in [2.05, 4.69) is 26.4 Å². The lowest BCUT2D eigenvalue weighted by molar-refractivity contribution is 0.220. The number of nitrogen functional groups attached to an aromatic ring is 2. The highest BCUT2D eigenvalue weighted by Gasteiger charge is 2.08. The minimum atomic E-state index is -0.833. The van der Waals surface area contributed by atoms with Crippen LogP contribution in [0.5, 0.6) is 0 Å². The van der Waals surface area contributed by atoms with Gasteiger partial charge < -0.3 is 33.1 Å². The number of anilines is 3.